The summed E-state index contributed by atoms with van der Waals surface area (Å²) in [6, 6.07) is 2.62. The van der Waals surface area contributed by atoms with Crippen molar-refractivity contribution in [1.82, 2.24) is 4.57 Å². The summed E-state index contributed by atoms with van der Waals surface area (Å²) in [4.78, 5) is 47.4. The van der Waals surface area contributed by atoms with Gasteiger partial charge in [0.25, 0.3) is 5.56 Å². The van der Waals surface area contributed by atoms with Gasteiger partial charge in [0, 0.05) is 18.7 Å². The number of ether oxygens (including phenoxy) is 1. The lowest BCUT2D eigenvalue weighted by atomic mass is 10.2. The zero-order valence-electron chi connectivity index (χ0n) is 14.2. The molecule has 2 rings (SSSR count). The molecule has 166 valence electrons. The lowest BCUT2D eigenvalue weighted by Crippen LogP contribution is -2.27. The molecule has 2 unspecified atom stereocenters. The Morgan fingerprint density at radius 2 is 1.86 bits per heavy atom. The van der Waals surface area contributed by atoms with E-state index in [1.807, 2.05) is 0 Å². The Balaban J connectivity index is 1.99. The van der Waals surface area contributed by atoms with E-state index < -0.39 is 54.1 Å². The van der Waals surface area contributed by atoms with Gasteiger partial charge in [0.2, 0.25) is 0 Å². The molecule has 19 heteroatoms. The minimum absolute atomic E-state index is 0.0975. The van der Waals surface area contributed by atoms with Gasteiger partial charge in [-0.1, -0.05) is 0 Å². The van der Waals surface area contributed by atoms with E-state index in [9.17, 15) is 28.5 Å². The Morgan fingerprint density at radius 3 is 2.41 bits per heavy atom. The first-order valence-corrected chi connectivity index (χ1v) is 12.0. The van der Waals surface area contributed by atoms with E-state index in [-0.39, 0.29) is 6.42 Å². The summed E-state index contributed by atoms with van der Waals surface area (Å²) >= 11 is 0. The summed E-state index contributed by atoms with van der Waals surface area (Å²) in [6.07, 6.45) is -2.23. The van der Waals surface area contributed by atoms with E-state index in [0.717, 1.165) is 10.6 Å². The first kappa shape index (κ1) is 24.3. The summed E-state index contributed by atoms with van der Waals surface area (Å²) in [5.41, 5.74) is 2.08. The number of nitrogen functional groups attached to an aromatic ring is 1. The Hall–Kier alpha value is -0.960. The minimum Gasteiger partial charge on any atom is -0.390 e. The Bertz CT molecular complexity index is 931. The quantitative estimate of drug-likeness (QED) is 0.129. The second-order valence-electron chi connectivity index (χ2n) is 5.62. The number of anilines is 1. The third-order valence-electron chi connectivity index (χ3n) is 3.45. The molecule has 29 heavy (non-hydrogen) atoms. The van der Waals surface area contributed by atoms with Crippen molar-refractivity contribution < 1.29 is 56.3 Å². The van der Waals surface area contributed by atoms with Crippen LogP contribution in [0.1, 0.15) is 12.6 Å². The van der Waals surface area contributed by atoms with E-state index in [2.05, 4.69) is 18.6 Å². The number of aliphatic hydroxyl groups excluding tert-OH is 1. The molecule has 2 heterocycles. The van der Waals surface area contributed by atoms with Gasteiger partial charge in [-0.2, -0.15) is 8.62 Å². The van der Waals surface area contributed by atoms with Crippen LogP contribution in [0.2, 0.25) is 0 Å². The SMILES string of the molecule is NNc1ccn([C@H]2C[C@H](O)[C@@H](COP(=O)(O)OP(=O)(O)OP(=O)(O)O)O2)c(=O)c1. The van der Waals surface area contributed by atoms with Crippen LogP contribution >= 0.6 is 23.5 Å². The van der Waals surface area contributed by atoms with Crippen LogP contribution in [0.4, 0.5) is 5.69 Å². The van der Waals surface area contributed by atoms with Crippen LogP contribution in [0.5, 0.6) is 0 Å². The Kier molecular flexibility index (Phi) is 7.58. The summed E-state index contributed by atoms with van der Waals surface area (Å²) in [5, 5.41) is 10.00. The first-order valence-electron chi connectivity index (χ1n) is 7.52. The largest absolute Gasteiger partial charge is 0.490 e. The maximum atomic E-state index is 12.0. The predicted molar refractivity (Wildman–Crippen MR) is 92.9 cm³/mol. The monoisotopic (exact) mass is 481 g/mol. The fourth-order valence-corrected chi connectivity index (χ4v) is 5.35. The van der Waals surface area contributed by atoms with Crippen molar-refractivity contribution in [1.29, 1.82) is 0 Å². The van der Waals surface area contributed by atoms with E-state index in [1.165, 1.54) is 12.3 Å². The highest BCUT2D eigenvalue weighted by Gasteiger charge is 2.42. The van der Waals surface area contributed by atoms with Crippen LogP contribution in [0, 0.1) is 0 Å². The van der Waals surface area contributed by atoms with E-state index in [0.29, 0.717) is 5.69 Å². The van der Waals surface area contributed by atoms with Crippen LogP contribution in [0.15, 0.2) is 23.1 Å². The number of phosphoric acid groups is 3. The maximum Gasteiger partial charge on any atom is 0.490 e. The number of hydrazine groups is 1. The van der Waals surface area contributed by atoms with Gasteiger partial charge in [-0.25, -0.2) is 13.7 Å². The number of aromatic nitrogens is 1. The second kappa shape index (κ2) is 9.04. The van der Waals surface area contributed by atoms with Crippen LogP contribution in [-0.4, -0.2) is 48.1 Å². The van der Waals surface area contributed by atoms with Crippen molar-refractivity contribution in [2.75, 3.05) is 12.0 Å². The highest BCUT2D eigenvalue weighted by molar-refractivity contribution is 7.66. The summed E-state index contributed by atoms with van der Waals surface area (Å²) in [5.74, 6) is 5.19. The van der Waals surface area contributed by atoms with Gasteiger partial charge in [0.15, 0.2) is 0 Å². The van der Waals surface area contributed by atoms with Gasteiger partial charge in [-0.15, -0.1) is 0 Å². The smallest absolute Gasteiger partial charge is 0.390 e. The van der Waals surface area contributed by atoms with Crippen molar-refractivity contribution in [3.63, 3.8) is 0 Å². The molecule has 1 aromatic heterocycles. The number of phosphoric ester groups is 1. The van der Waals surface area contributed by atoms with Gasteiger partial charge < -0.3 is 34.8 Å². The molecular formula is C10H18N3O13P3. The number of nitrogens with one attached hydrogen (secondary N) is 1. The third-order valence-corrected chi connectivity index (χ3v) is 7.25. The van der Waals surface area contributed by atoms with Crippen LogP contribution < -0.4 is 16.8 Å². The van der Waals surface area contributed by atoms with Crippen LogP contribution in [0.3, 0.4) is 0 Å². The number of nitrogens with two attached hydrogens (primary N) is 1. The minimum atomic E-state index is -5.65. The molecule has 0 spiro atoms. The molecule has 5 atom stereocenters. The number of aliphatic hydroxyl groups is 1. The number of rotatable bonds is 9. The molecule has 1 aromatic rings. The van der Waals surface area contributed by atoms with Gasteiger partial charge in [0.05, 0.1) is 18.4 Å². The molecule has 0 amide bonds. The summed E-state index contributed by atoms with van der Waals surface area (Å²) in [6.45, 7) is -0.835. The zero-order valence-corrected chi connectivity index (χ0v) is 16.9. The molecule has 0 saturated carbocycles. The first-order chi connectivity index (χ1) is 13.2. The van der Waals surface area contributed by atoms with Crippen molar-refractivity contribution >= 4 is 29.2 Å². The molecule has 8 N–H and O–H groups in total. The van der Waals surface area contributed by atoms with Gasteiger partial charge in [0.1, 0.15) is 12.3 Å². The average molecular weight is 481 g/mol. The molecule has 0 bridgehead atoms. The molecule has 0 aromatic carbocycles. The fraction of sp³-hybridized carbons (Fsp3) is 0.500. The highest BCUT2D eigenvalue weighted by Crippen LogP contribution is 2.66. The number of hydrogen-bond donors (Lipinski definition) is 7. The number of pyridine rings is 1. The number of nitrogens with zero attached hydrogens (tertiary/aromatic N) is 1. The fourth-order valence-electron chi connectivity index (χ4n) is 2.32. The molecule has 1 aliphatic rings. The van der Waals surface area contributed by atoms with Crippen LogP contribution in [0.25, 0.3) is 0 Å². The second-order valence-corrected chi connectivity index (χ2v) is 10.0. The van der Waals surface area contributed by atoms with Gasteiger partial charge in [-0.05, 0) is 6.07 Å². The normalized spacial score (nSPS) is 26.6. The van der Waals surface area contributed by atoms with Crippen molar-refractivity contribution in [2.24, 2.45) is 5.84 Å². The lowest BCUT2D eigenvalue weighted by Gasteiger charge is -2.19. The molecule has 1 saturated heterocycles. The predicted octanol–water partition coefficient (Wildman–Crippen LogP) is -0.874. The molecular weight excluding hydrogens is 463 g/mol. The average Bonchev–Trinajstić information content (AvgIpc) is 2.90. The van der Waals surface area contributed by atoms with Gasteiger partial charge in [-0.3, -0.25) is 19.7 Å². The Morgan fingerprint density at radius 1 is 1.21 bits per heavy atom. The molecule has 1 fully saturated rings. The highest BCUT2D eigenvalue weighted by atomic mass is 31.3. The lowest BCUT2D eigenvalue weighted by molar-refractivity contribution is -0.0445. The number of hydrogen-bond acceptors (Lipinski definition) is 11. The van der Waals surface area contributed by atoms with Crippen molar-refractivity contribution in [3.8, 4) is 0 Å². The van der Waals surface area contributed by atoms with E-state index in [1.54, 1.807) is 0 Å². The molecule has 1 aliphatic heterocycles. The van der Waals surface area contributed by atoms with Gasteiger partial charge >= 0.3 is 23.5 Å². The topological polar surface area (TPSA) is 249 Å². The van der Waals surface area contributed by atoms with E-state index in [4.69, 9.17) is 25.3 Å². The molecule has 16 nitrogen and oxygen atoms in total. The standard InChI is InChI=1S/C10H18N3O13P3/c11-12-6-1-2-13(9(15)3-6)10-4-7(14)8(24-10)5-23-28(19,20)26-29(21,22)25-27(16,17)18/h1-3,7-8,10,12,14H,4-5,11H2,(H,19,20)(H,21,22)(H2,16,17,18)/t7-,8+,10+/m0/s1. The molecule has 0 aliphatic carbocycles. The molecule has 0 radical (unpaired) electrons. The maximum absolute atomic E-state index is 12.0. The third kappa shape index (κ3) is 7.35. The Labute approximate surface area is 162 Å². The zero-order chi connectivity index (χ0) is 22.0. The van der Waals surface area contributed by atoms with Crippen LogP contribution in [-0.2, 0) is 31.6 Å². The van der Waals surface area contributed by atoms with Crippen molar-refractivity contribution in [2.45, 2.75) is 24.9 Å². The summed E-state index contributed by atoms with van der Waals surface area (Å²) in [7, 11) is -16.5. The van der Waals surface area contributed by atoms with Crippen molar-refractivity contribution in [3.05, 3.63) is 28.7 Å². The summed E-state index contributed by atoms with van der Waals surface area (Å²) < 4.78 is 51.5. The van der Waals surface area contributed by atoms with E-state index >= 15 is 0 Å².